The van der Waals surface area contributed by atoms with Crippen molar-refractivity contribution < 1.29 is 19.2 Å². The van der Waals surface area contributed by atoms with Crippen molar-refractivity contribution in [3.8, 4) is 11.5 Å². The average molecular weight is 367 g/mol. The van der Waals surface area contributed by atoms with E-state index in [9.17, 15) is 4.79 Å². The van der Waals surface area contributed by atoms with E-state index in [1.165, 1.54) is 16.0 Å². The molecule has 4 rings (SSSR count). The van der Waals surface area contributed by atoms with Crippen molar-refractivity contribution in [3.05, 3.63) is 59.7 Å². The topological polar surface area (TPSA) is 52.0 Å². The van der Waals surface area contributed by atoms with Crippen LogP contribution in [0.25, 0.3) is 0 Å². The number of rotatable bonds is 6. The number of nitrogens with one attached hydrogen (secondary N) is 2. The fraction of sp³-hybridized carbons (Fsp3) is 0.409. The normalized spacial score (nSPS) is 21.0. The van der Waals surface area contributed by atoms with Crippen LogP contribution in [-0.2, 0) is 11.2 Å². The van der Waals surface area contributed by atoms with E-state index in [2.05, 4.69) is 29.6 Å². The maximum atomic E-state index is 12.4. The molecular weight excluding hydrogens is 340 g/mol. The molecule has 2 atom stereocenters. The second-order valence-corrected chi connectivity index (χ2v) is 7.27. The van der Waals surface area contributed by atoms with Crippen molar-refractivity contribution in [1.29, 1.82) is 0 Å². The monoisotopic (exact) mass is 367 g/mol. The van der Waals surface area contributed by atoms with Gasteiger partial charge in [-0.2, -0.15) is 0 Å². The summed E-state index contributed by atoms with van der Waals surface area (Å²) >= 11 is 0. The molecule has 1 saturated heterocycles. The lowest BCUT2D eigenvalue weighted by molar-refractivity contribution is -0.910. The van der Waals surface area contributed by atoms with Gasteiger partial charge in [-0.05, 0) is 30.2 Å². The van der Waals surface area contributed by atoms with Gasteiger partial charge in [0.25, 0.3) is 5.91 Å². The van der Waals surface area contributed by atoms with Gasteiger partial charge in [0.15, 0.2) is 18.0 Å². The van der Waals surface area contributed by atoms with Gasteiger partial charge in [-0.15, -0.1) is 0 Å². The van der Waals surface area contributed by atoms with E-state index < -0.39 is 0 Å². The van der Waals surface area contributed by atoms with E-state index in [1.807, 2.05) is 24.3 Å². The highest BCUT2D eigenvalue weighted by molar-refractivity contribution is 5.76. The minimum absolute atomic E-state index is 0.130. The van der Waals surface area contributed by atoms with Gasteiger partial charge in [0, 0.05) is 24.9 Å². The smallest absolute Gasteiger partial charge is 0.275 e. The zero-order valence-corrected chi connectivity index (χ0v) is 15.6. The number of benzene rings is 2. The van der Waals surface area contributed by atoms with E-state index in [4.69, 9.17) is 9.47 Å². The van der Waals surface area contributed by atoms with Crippen LogP contribution in [-0.4, -0.2) is 38.8 Å². The van der Waals surface area contributed by atoms with Crippen molar-refractivity contribution >= 4 is 5.91 Å². The average Bonchev–Trinajstić information content (AvgIpc) is 3.16. The van der Waals surface area contributed by atoms with E-state index in [1.54, 1.807) is 0 Å². The summed E-state index contributed by atoms with van der Waals surface area (Å²) < 4.78 is 11.3. The summed E-state index contributed by atoms with van der Waals surface area (Å²) in [5.41, 5.74) is 2.49. The van der Waals surface area contributed by atoms with Crippen LogP contribution in [0.1, 0.15) is 30.0 Å². The Morgan fingerprint density at radius 1 is 1.07 bits per heavy atom. The zero-order chi connectivity index (χ0) is 18.5. The Hall–Kier alpha value is -2.53. The van der Waals surface area contributed by atoms with Gasteiger partial charge < -0.3 is 19.7 Å². The lowest BCUT2D eigenvalue weighted by atomic mass is 10.0. The van der Waals surface area contributed by atoms with Crippen LogP contribution < -0.4 is 19.7 Å². The first kappa shape index (κ1) is 17.9. The molecule has 1 fully saturated rings. The van der Waals surface area contributed by atoms with Gasteiger partial charge in [-0.25, -0.2) is 0 Å². The van der Waals surface area contributed by atoms with Crippen molar-refractivity contribution in [3.63, 3.8) is 0 Å². The van der Waals surface area contributed by atoms with Crippen LogP contribution in [0.4, 0.5) is 0 Å². The summed E-state index contributed by atoms with van der Waals surface area (Å²) in [4.78, 5) is 13.8. The summed E-state index contributed by atoms with van der Waals surface area (Å²) in [6, 6.07) is 16.8. The van der Waals surface area contributed by atoms with Crippen LogP contribution in [0.15, 0.2) is 48.5 Å². The number of likely N-dealkylation sites (tertiary alicyclic amines) is 1. The molecule has 5 nitrogen and oxygen atoms in total. The fourth-order valence-electron chi connectivity index (χ4n) is 4.06. The van der Waals surface area contributed by atoms with Crippen LogP contribution in [0.3, 0.4) is 0 Å². The number of carbonyl (C=O) groups excluding carboxylic acids is 1. The molecule has 5 heteroatoms. The molecule has 0 spiro atoms. The van der Waals surface area contributed by atoms with Gasteiger partial charge in [-0.1, -0.05) is 30.3 Å². The third-order valence-corrected chi connectivity index (χ3v) is 5.42. The third kappa shape index (κ3) is 4.42. The number of fused-ring (bicyclic) bond motifs is 1. The molecule has 2 aliphatic rings. The summed E-state index contributed by atoms with van der Waals surface area (Å²) in [7, 11) is 0. The first-order valence-electron chi connectivity index (χ1n) is 9.84. The lowest BCUT2D eigenvalue weighted by Gasteiger charge is -2.24. The summed E-state index contributed by atoms with van der Waals surface area (Å²) in [6.45, 7) is 3.45. The highest BCUT2D eigenvalue weighted by Crippen LogP contribution is 2.33. The van der Waals surface area contributed by atoms with E-state index >= 15 is 0 Å². The Kier molecular flexibility index (Phi) is 5.58. The first-order valence-corrected chi connectivity index (χ1v) is 9.84. The molecule has 2 aromatic rings. The van der Waals surface area contributed by atoms with Crippen LogP contribution >= 0.6 is 0 Å². The number of ether oxygens (including phenoxy) is 2. The second-order valence-electron chi connectivity index (χ2n) is 7.27. The van der Waals surface area contributed by atoms with Crippen molar-refractivity contribution in [2.45, 2.75) is 25.3 Å². The molecule has 1 unspecified atom stereocenters. The summed E-state index contributed by atoms with van der Waals surface area (Å²) in [6.07, 6.45) is 3.12. The predicted octanol–water partition coefficient (Wildman–Crippen LogP) is 1.54. The summed E-state index contributed by atoms with van der Waals surface area (Å²) in [5, 5.41) is 3.08. The molecule has 0 bridgehead atoms. The predicted molar refractivity (Wildman–Crippen MR) is 103 cm³/mol. The minimum Gasteiger partial charge on any atom is -0.486 e. The summed E-state index contributed by atoms with van der Waals surface area (Å²) in [5.74, 6) is 1.78. The van der Waals surface area contributed by atoms with E-state index in [-0.39, 0.29) is 5.91 Å². The Labute approximate surface area is 160 Å². The van der Waals surface area contributed by atoms with Crippen molar-refractivity contribution in [2.75, 3.05) is 32.8 Å². The quantitative estimate of drug-likeness (QED) is 0.814. The van der Waals surface area contributed by atoms with Crippen molar-refractivity contribution in [1.82, 2.24) is 5.32 Å². The van der Waals surface area contributed by atoms with Crippen LogP contribution in [0.2, 0.25) is 0 Å². The zero-order valence-electron chi connectivity index (χ0n) is 15.6. The molecule has 0 aliphatic carbocycles. The molecule has 142 valence electrons. The molecule has 2 heterocycles. The minimum atomic E-state index is 0.130. The lowest BCUT2D eigenvalue weighted by Crippen LogP contribution is -3.11. The van der Waals surface area contributed by atoms with Gasteiger partial charge in [0.1, 0.15) is 19.3 Å². The maximum Gasteiger partial charge on any atom is 0.275 e. The fourth-order valence-corrected chi connectivity index (χ4v) is 4.06. The molecule has 2 aromatic carbocycles. The number of amides is 1. The third-order valence-electron chi connectivity index (χ3n) is 5.42. The molecule has 0 radical (unpaired) electrons. The largest absolute Gasteiger partial charge is 0.486 e. The first-order chi connectivity index (χ1) is 13.3. The van der Waals surface area contributed by atoms with Gasteiger partial charge in [0.2, 0.25) is 0 Å². The van der Waals surface area contributed by atoms with Gasteiger partial charge in [0.05, 0.1) is 6.54 Å². The number of carbonyl (C=O) groups is 1. The molecule has 27 heavy (non-hydrogen) atoms. The second kappa shape index (κ2) is 8.44. The number of quaternary nitrogens is 1. The Bertz CT molecular complexity index is 778. The number of hydrogen-bond donors (Lipinski definition) is 2. The molecule has 0 saturated carbocycles. The Morgan fingerprint density at radius 2 is 1.89 bits per heavy atom. The Morgan fingerprint density at radius 3 is 2.74 bits per heavy atom. The van der Waals surface area contributed by atoms with E-state index in [0.717, 1.165) is 37.3 Å². The molecule has 0 aromatic heterocycles. The SMILES string of the molecule is O=C(C[NH+]1CCC[C@@H]1c1ccc2c(c1)OCCO2)NCCc1ccccc1. The van der Waals surface area contributed by atoms with Crippen LogP contribution in [0.5, 0.6) is 11.5 Å². The molecule has 1 amide bonds. The highest BCUT2D eigenvalue weighted by Gasteiger charge is 2.32. The van der Waals surface area contributed by atoms with E-state index in [0.29, 0.717) is 32.3 Å². The number of hydrogen-bond acceptors (Lipinski definition) is 3. The maximum absolute atomic E-state index is 12.4. The Balaban J connectivity index is 1.32. The molecule has 2 aliphatic heterocycles. The standard InChI is InChI=1S/C22H26N2O3/c25-22(23-11-10-17-5-2-1-3-6-17)16-24-12-4-7-19(24)18-8-9-20-21(15-18)27-14-13-26-20/h1-3,5-6,8-9,15,19H,4,7,10-14,16H2,(H,23,25)/p+1/t19-/m1/s1. The van der Waals surface area contributed by atoms with Gasteiger partial charge in [-0.3, -0.25) is 4.79 Å². The molecular formula is C22H27N2O3+. The highest BCUT2D eigenvalue weighted by atomic mass is 16.6. The van der Waals surface area contributed by atoms with Crippen molar-refractivity contribution in [2.24, 2.45) is 0 Å². The van der Waals surface area contributed by atoms with Gasteiger partial charge >= 0.3 is 0 Å². The molecule has 2 N–H and O–H groups in total. The van der Waals surface area contributed by atoms with Crippen LogP contribution in [0, 0.1) is 0 Å².